The van der Waals surface area contributed by atoms with Gasteiger partial charge in [-0.1, -0.05) is 48.6 Å². The molecule has 0 fully saturated rings. The molecule has 0 radical (unpaired) electrons. The highest BCUT2D eigenvalue weighted by Gasteiger charge is 2.27. The molecule has 0 saturated carbocycles. The van der Waals surface area contributed by atoms with Crippen LogP contribution in [0.2, 0.25) is 0 Å². The van der Waals surface area contributed by atoms with E-state index in [2.05, 4.69) is 0 Å². The Balaban J connectivity index is 1.44. The van der Waals surface area contributed by atoms with Crippen LogP contribution in [0.25, 0.3) is 6.08 Å². The molecule has 1 aromatic heterocycles. The van der Waals surface area contributed by atoms with Gasteiger partial charge in [-0.25, -0.2) is 0 Å². The van der Waals surface area contributed by atoms with Gasteiger partial charge in [-0.3, -0.25) is 9.59 Å². The standard InChI is InChI=1S/C23H16O4S/c24-22(15-18-9-5-13-28-18)26-17-11-12-19-21(14-17)27-20(23(19)25)10-4-8-16-6-2-1-3-7-16/h1-14H,15H2/b8-4+,20-10-. The third-order valence-electron chi connectivity index (χ3n) is 4.11. The zero-order valence-electron chi connectivity index (χ0n) is 14.8. The number of hydrogen-bond donors (Lipinski definition) is 0. The van der Waals surface area contributed by atoms with Crippen LogP contribution in [-0.4, -0.2) is 11.8 Å². The molecule has 28 heavy (non-hydrogen) atoms. The van der Waals surface area contributed by atoms with Crippen LogP contribution in [0.3, 0.4) is 0 Å². The average Bonchev–Trinajstić information content (AvgIpc) is 3.31. The van der Waals surface area contributed by atoms with Crippen molar-refractivity contribution in [3.8, 4) is 11.5 Å². The van der Waals surface area contributed by atoms with Gasteiger partial charge in [0, 0.05) is 10.9 Å². The largest absolute Gasteiger partial charge is 0.452 e. The Morgan fingerprint density at radius 2 is 1.93 bits per heavy atom. The predicted octanol–water partition coefficient (Wildman–Crippen LogP) is 5.07. The van der Waals surface area contributed by atoms with Crippen LogP contribution in [0.1, 0.15) is 20.8 Å². The smallest absolute Gasteiger partial charge is 0.316 e. The van der Waals surface area contributed by atoms with Crippen molar-refractivity contribution < 1.29 is 19.1 Å². The van der Waals surface area contributed by atoms with Gasteiger partial charge in [-0.2, -0.15) is 0 Å². The number of allylic oxidation sites excluding steroid dienone is 3. The summed E-state index contributed by atoms with van der Waals surface area (Å²) in [7, 11) is 0. The zero-order valence-corrected chi connectivity index (χ0v) is 15.6. The first-order valence-electron chi connectivity index (χ1n) is 8.72. The third-order valence-corrected chi connectivity index (χ3v) is 4.98. The third kappa shape index (κ3) is 4.10. The second kappa shape index (κ2) is 8.06. The van der Waals surface area contributed by atoms with Crippen LogP contribution in [0.4, 0.5) is 0 Å². The minimum Gasteiger partial charge on any atom is -0.452 e. The molecule has 0 amide bonds. The van der Waals surface area contributed by atoms with Crippen molar-refractivity contribution in [2.24, 2.45) is 0 Å². The SMILES string of the molecule is O=C(Cc1cccs1)Oc1ccc2c(c1)O/C(=C\C=C\c1ccccc1)C2=O. The number of ether oxygens (including phenoxy) is 2. The number of rotatable bonds is 5. The highest BCUT2D eigenvalue weighted by molar-refractivity contribution is 7.10. The Morgan fingerprint density at radius 1 is 1.07 bits per heavy atom. The fraction of sp³-hybridized carbons (Fsp3) is 0.0435. The Bertz CT molecular complexity index is 1060. The molecule has 2 aromatic carbocycles. The maximum atomic E-state index is 12.5. The Labute approximate surface area is 166 Å². The second-order valence-corrected chi connectivity index (χ2v) is 7.15. The van der Waals surface area contributed by atoms with Crippen LogP contribution in [0.15, 0.2) is 84.0 Å². The molecule has 0 atom stereocenters. The van der Waals surface area contributed by atoms with Crippen molar-refractivity contribution in [1.82, 2.24) is 0 Å². The van der Waals surface area contributed by atoms with Gasteiger partial charge in [0.15, 0.2) is 5.76 Å². The monoisotopic (exact) mass is 388 g/mol. The van der Waals surface area contributed by atoms with Gasteiger partial charge in [-0.15, -0.1) is 11.3 Å². The lowest BCUT2D eigenvalue weighted by molar-refractivity contribution is -0.133. The van der Waals surface area contributed by atoms with Gasteiger partial charge < -0.3 is 9.47 Å². The van der Waals surface area contributed by atoms with E-state index in [9.17, 15) is 9.59 Å². The molecule has 138 valence electrons. The second-order valence-electron chi connectivity index (χ2n) is 6.12. The van der Waals surface area contributed by atoms with Gasteiger partial charge in [0.1, 0.15) is 11.5 Å². The first kappa shape index (κ1) is 17.9. The molecule has 3 aromatic rings. The topological polar surface area (TPSA) is 52.6 Å². The first-order valence-corrected chi connectivity index (χ1v) is 9.60. The number of carbonyl (C=O) groups excluding carboxylic acids is 2. The fourth-order valence-corrected chi connectivity index (χ4v) is 3.47. The van der Waals surface area contributed by atoms with Crippen LogP contribution >= 0.6 is 11.3 Å². The van der Waals surface area contributed by atoms with Crippen molar-refractivity contribution in [2.45, 2.75) is 6.42 Å². The van der Waals surface area contributed by atoms with E-state index in [0.29, 0.717) is 17.1 Å². The number of benzene rings is 2. The van der Waals surface area contributed by atoms with Gasteiger partial charge in [0.25, 0.3) is 0 Å². The molecule has 0 N–H and O–H groups in total. The summed E-state index contributed by atoms with van der Waals surface area (Å²) in [4.78, 5) is 25.4. The van der Waals surface area contributed by atoms with Crippen LogP contribution in [0.5, 0.6) is 11.5 Å². The summed E-state index contributed by atoms with van der Waals surface area (Å²) >= 11 is 1.50. The van der Waals surface area contributed by atoms with Gasteiger partial charge >= 0.3 is 5.97 Å². The Kier molecular flexibility index (Phi) is 5.17. The van der Waals surface area contributed by atoms with E-state index in [1.807, 2.05) is 53.9 Å². The number of fused-ring (bicyclic) bond motifs is 1. The molecule has 0 unspecified atom stereocenters. The highest BCUT2D eigenvalue weighted by Crippen LogP contribution is 2.34. The molecule has 0 spiro atoms. The van der Waals surface area contributed by atoms with Crippen LogP contribution in [-0.2, 0) is 11.2 Å². The summed E-state index contributed by atoms with van der Waals surface area (Å²) in [6, 6.07) is 18.3. The predicted molar refractivity (Wildman–Crippen MR) is 109 cm³/mol. The maximum Gasteiger partial charge on any atom is 0.316 e. The van der Waals surface area contributed by atoms with Gasteiger partial charge in [-0.05, 0) is 35.2 Å². The molecule has 4 nitrogen and oxygen atoms in total. The summed E-state index contributed by atoms with van der Waals surface area (Å²) in [6.07, 6.45) is 5.52. The zero-order chi connectivity index (χ0) is 19.3. The van der Waals surface area contributed by atoms with E-state index in [4.69, 9.17) is 9.47 Å². The first-order chi connectivity index (χ1) is 13.7. The molecular weight excluding hydrogens is 372 g/mol. The number of Topliss-reactive ketones (excluding diaryl/α,β-unsaturated/α-hetero) is 1. The molecule has 0 saturated heterocycles. The molecule has 5 heteroatoms. The lowest BCUT2D eigenvalue weighted by Crippen LogP contribution is -2.10. The normalized spacial score (nSPS) is 14.3. The Morgan fingerprint density at radius 3 is 2.71 bits per heavy atom. The summed E-state index contributed by atoms with van der Waals surface area (Å²) in [5.74, 6) is 0.446. The van der Waals surface area contributed by atoms with Crippen molar-refractivity contribution >= 4 is 29.2 Å². The number of esters is 1. The lowest BCUT2D eigenvalue weighted by atomic mass is 10.1. The van der Waals surface area contributed by atoms with Gasteiger partial charge in [0.05, 0.1) is 12.0 Å². The molecule has 1 aliphatic heterocycles. The van der Waals surface area contributed by atoms with Gasteiger partial charge in [0.2, 0.25) is 5.78 Å². The van der Waals surface area contributed by atoms with E-state index < -0.39 is 0 Å². The van der Waals surface area contributed by atoms with Crippen molar-refractivity contribution in [3.63, 3.8) is 0 Å². The summed E-state index contributed by atoms with van der Waals surface area (Å²) in [6.45, 7) is 0. The minimum absolute atomic E-state index is 0.191. The van der Waals surface area contributed by atoms with Crippen LogP contribution in [0, 0.1) is 0 Å². The van der Waals surface area contributed by atoms with Crippen LogP contribution < -0.4 is 9.47 Å². The Hall–Kier alpha value is -3.44. The minimum atomic E-state index is -0.353. The molecule has 0 bridgehead atoms. The molecular formula is C23H16O4S. The number of hydrogen-bond acceptors (Lipinski definition) is 5. The van der Waals surface area contributed by atoms with Crippen molar-refractivity contribution in [3.05, 3.63) is 100.0 Å². The van der Waals surface area contributed by atoms with E-state index in [-0.39, 0.29) is 23.9 Å². The maximum absolute atomic E-state index is 12.5. The molecule has 4 rings (SSSR count). The number of carbonyl (C=O) groups is 2. The fourth-order valence-electron chi connectivity index (χ4n) is 2.78. The van der Waals surface area contributed by atoms with E-state index in [1.165, 1.54) is 11.3 Å². The molecule has 0 aliphatic carbocycles. The van der Waals surface area contributed by atoms with E-state index in [0.717, 1.165) is 10.4 Å². The summed E-state index contributed by atoms with van der Waals surface area (Å²) in [5, 5.41) is 1.91. The summed E-state index contributed by atoms with van der Waals surface area (Å²) in [5.41, 5.74) is 1.49. The number of ketones is 1. The van der Waals surface area contributed by atoms with E-state index in [1.54, 1.807) is 30.4 Å². The highest BCUT2D eigenvalue weighted by atomic mass is 32.1. The molecule has 2 heterocycles. The molecule has 1 aliphatic rings. The lowest BCUT2D eigenvalue weighted by Gasteiger charge is -2.04. The van der Waals surface area contributed by atoms with Crippen molar-refractivity contribution in [1.29, 1.82) is 0 Å². The van der Waals surface area contributed by atoms with Crippen molar-refractivity contribution in [2.75, 3.05) is 0 Å². The quantitative estimate of drug-likeness (QED) is 0.348. The number of thiophene rings is 1. The average molecular weight is 388 g/mol. The van der Waals surface area contributed by atoms with E-state index >= 15 is 0 Å². The summed E-state index contributed by atoms with van der Waals surface area (Å²) < 4.78 is 11.0.